The number of hydrogen-bond acceptors (Lipinski definition) is 6. The van der Waals surface area contributed by atoms with Crippen molar-refractivity contribution >= 4 is 47.8 Å². The van der Waals surface area contributed by atoms with Gasteiger partial charge in [-0.3, -0.25) is 0 Å². The molecule has 6 nitrogen and oxygen atoms in total. The molecule has 2 rings (SSSR count). The Labute approximate surface area is 253 Å². The molecular weight excluding hydrogens is 647 g/mol. The van der Waals surface area contributed by atoms with Crippen molar-refractivity contribution in [1.29, 1.82) is 0 Å². The zero-order valence-corrected chi connectivity index (χ0v) is 27.4. The van der Waals surface area contributed by atoms with Crippen LogP contribution in [0.25, 0.3) is 0 Å². The molecule has 0 amide bonds. The van der Waals surface area contributed by atoms with Gasteiger partial charge >= 0.3 is 29.6 Å². The molecule has 0 unspecified atom stereocenters. The van der Waals surface area contributed by atoms with Crippen LogP contribution in [0.2, 0.25) is 0 Å². The minimum Gasteiger partial charge on any atom is -1.00 e. The van der Waals surface area contributed by atoms with Crippen molar-refractivity contribution in [3.63, 3.8) is 0 Å². The Bertz CT molecular complexity index is 704. The summed E-state index contributed by atoms with van der Waals surface area (Å²) >= 11 is 9.86. The third-order valence-electron chi connectivity index (χ3n) is 3.53. The van der Waals surface area contributed by atoms with Crippen LogP contribution in [0.15, 0.2) is 57.5 Å². The standard InChI is InChI=1S/C12H17BrO3.C6H13BrO2.C6H5BrO.Na.H/c1-3-14-12(15-4-2)9-16-11-7-5-6-10(13)8-11;1-3-8-6(5-7)9-4-2;7-5-2-1-3-6(8)4-5;;/h5-8,12H,3-4,9H2,1-2H3;6H,3-5H2,1-2H3;1-4,8H;;/q;;;+1;-1. The summed E-state index contributed by atoms with van der Waals surface area (Å²) in [6.07, 6.45) is -0.367. The van der Waals surface area contributed by atoms with E-state index in [-0.39, 0.29) is 43.6 Å². The summed E-state index contributed by atoms with van der Waals surface area (Å²) in [7, 11) is 0. The maximum atomic E-state index is 8.78. The molecule has 1 N–H and O–H groups in total. The summed E-state index contributed by atoms with van der Waals surface area (Å²) in [4.78, 5) is 0. The monoisotopic (exact) mass is 680 g/mol. The second-order valence-corrected chi connectivity index (χ2v) is 8.56. The van der Waals surface area contributed by atoms with Gasteiger partial charge in [0, 0.05) is 35.4 Å². The Kier molecular flexibility index (Phi) is 26.8. The first-order chi connectivity index (χ1) is 15.9. The van der Waals surface area contributed by atoms with E-state index in [1.807, 2.05) is 58.0 Å². The number of ether oxygens (including phenoxy) is 5. The molecule has 0 aliphatic rings. The number of phenolic OH excluding ortho intramolecular Hbond substituents is 1. The zero-order chi connectivity index (χ0) is 24.9. The fourth-order valence-corrected chi connectivity index (χ4v) is 3.36. The summed E-state index contributed by atoms with van der Waals surface area (Å²) in [5.41, 5.74) is 0. The first kappa shape index (κ1) is 36.5. The largest absolute Gasteiger partial charge is 1.00 e. The number of halogens is 3. The molecule has 0 atom stereocenters. The molecule has 0 saturated carbocycles. The molecule has 34 heavy (non-hydrogen) atoms. The molecule has 0 aliphatic heterocycles. The molecule has 2 aromatic rings. The van der Waals surface area contributed by atoms with E-state index in [9.17, 15) is 0 Å². The molecule has 0 bridgehead atoms. The number of phenols is 1. The van der Waals surface area contributed by atoms with Gasteiger partial charge in [0.25, 0.3) is 0 Å². The Morgan fingerprint density at radius 1 is 0.765 bits per heavy atom. The molecule has 2 aromatic carbocycles. The van der Waals surface area contributed by atoms with Gasteiger partial charge in [-0.2, -0.15) is 0 Å². The molecule has 190 valence electrons. The van der Waals surface area contributed by atoms with Crippen LogP contribution in [0.3, 0.4) is 0 Å². The van der Waals surface area contributed by atoms with Crippen molar-refractivity contribution in [2.75, 3.05) is 38.4 Å². The second kappa shape index (κ2) is 25.0. The number of benzene rings is 2. The number of rotatable bonds is 12. The smallest absolute Gasteiger partial charge is 1.00 e. The van der Waals surface area contributed by atoms with Crippen molar-refractivity contribution in [3.8, 4) is 11.5 Å². The molecule has 0 spiro atoms. The van der Waals surface area contributed by atoms with Gasteiger partial charge in [0.2, 0.25) is 0 Å². The van der Waals surface area contributed by atoms with Crippen LogP contribution in [0, 0.1) is 0 Å². The Balaban J connectivity index is -0.000000463. The average molecular weight is 683 g/mol. The zero-order valence-electron chi connectivity index (χ0n) is 21.6. The fourth-order valence-electron chi connectivity index (χ4n) is 2.22. The average Bonchev–Trinajstić information content (AvgIpc) is 2.78. The van der Waals surface area contributed by atoms with E-state index in [0.29, 0.717) is 38.8 Å². The van der Waals surface area contributed by atoms with E-state index in [2.05, 4.69) is 47.8 Å². The molecule has 0 heterocycles. The van der Waals surface area contributed by atoms with Gasteiger partial charge in [-0.25, -0.2) is 0 Å². The summed E-state index contributed by atoms with van der Waals surface area (Å²) in [6.45, 7) is 10.8. The third-order valence-corrected chi connectivity index (χ3v) is 5.04. The van der Waals surface area contributed by atoms with Crippen molar-refractivity contribution in [1.82, 2.24) is 0 Å². The third kappa shape index (κ3) is 20.5. The van der Waals surface area contributed by atoms with Gasteiger partial charge in [0.15, 0.2) is 12.6 Å². The summed E-state index contributed by atoms with van der Waals surface area (Å²) in [5.74, 6) is 1.10. The van der Waals surface area contributed by atoms with E-state index in [4.69, 9.17) is 28.8 Å². The predicted molar refractivity (Wildman–Crippen MR) is 144 cm³/mol. The minimum atomic E-state index is -0.297. The second-order valence-electron chi connectivity index (χ2n) is 6.08. The Morgan fingerprint density at radius 3 is 1.62 bits per heavy atom. The maximum Gasteiger partial charge on any atom is 1.00 e. The molecule has 0 radical (unpaired) electrons. The summed E-state index contributed by atoms with van der Waals surface area (Å²) in [6, 6.07) is 14.6. The van der Waals surface area contributed by atoms with Crippen molar-refractivity contribution in [2.45, 2.75) is 40.3 Å². The molecule has 0 saturated heterocycles. The summed E-state index contributed by atoms with van der Waals surface area (Å²) < 4.78 is 28.5. The van der Waals surface area contributed by atoms with Crippen molar-refractivity contribution in [2.24, 2.45) is 0 Å². The Hall–Kier alpha value is 0.320. The first-order valence-corrected chi connectivity index (χ1v) is 13.5. The molecule has 0 fully saturated rings. The van der Waals surface area contributed by atoms with Gasteiger partial charge in [0.1, 0.15) is 18.1 Å². The normalized spacial score (nSPS) is 10.0. The van der Waals surface area contributed by atoms with Gasteiger partial charge in [-0.15, -0.1) is 0 Å². The van der Waals surface area contributed by atoms with E-state index in [0.717, 1.165) is 20.0 Å². The minimum absolute atomic E-state index is 0. The van der Waals surface area contributed by atoms with Crippen LogP contribution >= 0.6 is 47.8 Å². The topological polar surface area (TPSA) is 66.4 Å². The van der Waals surface area contributed by atoms with Crippen LogP contribution in [0.4, 0.5) is 0 Å². The Morgan fingerprint density at radius 2 is 1.24 bits per heavy atom. The predicted octanol–water partition coefficient (Wildman–Crippen LogP) is 4.28. The van der Waals surface area contributed by atoms with Crippen LogP contribution in [0.1, 0.15) is 29.1 Å². The van der Waals surface area contributed by atoms with Crippen molar-refractivity contribution in [3.05, 3.63) is 57.5 Å². The van der Waals surface area contributed by atoms with Gasteiger partial charge in [0.05, 0.1) is 5.33 Å². The number of hydrogen-bond donors (Lipinski definition) is 1. The quantitative estimate of drug-likeness (QED) is 0.205. The SMILES string of the molecule is CCOC(CBr)OCC.CCOC(COc1cccc(Br)c1)OCC.Oc1cccc(Br)c1.[H-].[Na+]. The maximum absolute atomic E-state index is 8.78. The fraction of sp³-hybridized carbons (Fsp3) is 0.500. The number of alkyl halides is 1. The molecule has 10 heteroatoms. The van der Waals surface area contributed by atoms with Crippen LogP contribution in [0.5, 0.6) is 11.5 Å². The van der Waals surface area contributed by atoms with E-state index >= 15 is 0 Å². The molecular formula is C24H36Br3NaO6. The molecule has 0 aliphatic carbocycles. The number of aromatic hydroxyl groups is 1. The first-order valence-electron chi connectivity index (χ1n) is 10.7. The van der Waals surface area contributed by atoms with E-state index in [1.165, 1.54) is 0 Å². The van der Waals surface area contributed by atoms with Crippen molar-refractivity contribution < 1.29 is 59.8 Å². The van der Waals surface area contributed by atoms with Gasteiger partial charge in [-0.1, -0.05) is 59.9 Å². The molecule has 0 aromatic heterocycles. The van der Waals surface area contributed by atoms with Crippen LogP contribution < -0.4 is 34.3 Å². The van der Waals surface area contributed by atoms with Gasteiger partial charge < -0.3 is 30.2 Å². The van der Waals surface area contributed by atoms with Crippen LogP contribution in [-0.4, -0.2) is 56.1 Å². The van der Waals surface area contributed by atoms with E-state index in [1.54, 1.807) is 18.2 Å². The summed E-state index contributed by atoms with van der Waals surface area (Å²) in [5, 5.41) is 9.53. The van der Waals surface area contributed by atoms with Gasteiger partial charge in [-0.05, 0) is 64.1 Å². The van der Waals surface area contributed by atoms with E-state index < -0.39 is 0 Å². The van der Waals surface area contributed by atoms with Crippen LogP contribution in [-0.2, 0) is 18.9 Å².